The molecule has 14 heavy (non-hydrogen) atoms. The van der Waals surface area contributed by atoms with Gasteiger partial charge in [-0.1, -0.05) is 23.7 Å². The summed E-state index contributed by atoms with van der Waals surface area (Å²) in [6.07, 6.45) is 0.973. The highest BCUT2D eigenvalue weighted by Crippen LogP contribution is 2.21. The van der Waals surface area contributed by atoms with Gasteiger partial charge in [0.25, 0.3) is 0 Å². The van der Waals surface area contributed by atoms with Gasteiger partial charge in [-0.3, -0.25) is 0 Å². The first-order valence-corrected chi connectivity index (χ1v) is 4.26. The monoisotopic (exact) mass is 212 g/mol. The van der Waals surface area contributed by atoms with Gasteiger partial charge in [0, 0.05) is 5.56 Å². The smallest absolute Gasteiger partial charge is 0.334 e. The van der Waals surface area contributed by atoms with Gasteiger partial charge in [-0.25, -0.2) is 4.79 Å². The first kappa shape index (κ1) is 10.6. The Balaban J connectivity index is 3.00. The normalized spacial score (nSPS) is 11.1. The first-order chi connectivity index (χ1) is 6.65. The Morgan fingerprint density at radius 3 is 2.71 bits per heavy atom. The van der Waals surface area contributed by atoms with Crippen LogP contribution in [0.3, 0.4) is 0 Å². The van der Waals surface area contributed by atoms with Crippen LogP contribution in [0.5, 0.6) is 0 Å². The number of benzene rings is 1. The van der Waals surface area contributed by atoms with E-state index in [2.05, 4.69) is 4.74 Å². The number of aliphatic hydroxyl groups is 1. The standard InChI is InChI=1S/C10H9ClO3/c1-14-10(13)6-9(12)7-4-2-3-5-8(7)11/h2-6,12H,1H3. The molecular weight excluding hydrogens is 204 g/mol. The number of aliphatic hydroxyl groups excluding tert-OH is 1. The predicted octanol–water partition coefficient (Wildman–Crippen LogP) is 2.41. The summed E-state index contributed by atoms with van der Waals surface area (Å²) in [7, 11) is 1.23. The lowest BCUT2D eigenvalue weighted by Crippen LogP contribution is -1.97. The van der Waals surface area contributed by atoms with Crippen LogP contribution in [0.4, 0.5) is 0 Å². The number of halogens is 1. The maximum atomic E-state index is 10.8. The molecule has 1 rings (SSSR count). The third kappa shape index (κ3) is 2.50. The van der Waals surface area contributed by atoms with Crippen LogP contribution in [0.25, 0.3) is 5.76 Å². The van der Waals surface area contributed by atoms with Crippen molar-refractivity contribution >= 4 is 23.3 Å². The summed E-state index contributed by atoms with van der Waals surface area (Å²) in [5.41, 5.74) is 0.402. The van der Waals surface area contributed by atoms with Gasteiger partial charge in [0.15, 0.2) is 0 Å². The minimum atomic E-state index is -0.623. The fourth-order valence-corrected chi connectivity index (χ4v) is 1.15. The fraction of sp³-hybridized carbons (Fsp3) is 0.100. The number of esters is 1. The van der Waals surface area contributed by atoms with E-state index in [1.807, 2.05) is 0 Å². The van der Waals surface area contributed by atoms with Gasteiger partial charge in [0.1, 0.15) is 5.76 Å². The highest BCUT2D eigenvalue weighted by Gasteiger charge is 2.05. The Labute approximate surface area is 86.6 Å². The molecule has 4 heteroatoms. The summed E-state index contributed by atoms with van der Waals surface area (Å²) >= 11 is 5.79. The predicted molar refractivity (Wildman–Crippen MR) is 54.1 cm³/mol. The van der Waals surface area contributed by atoms with E-state index in [0.29, 0.717) is 10.6 Å². The quantitative estimate of drug-likeness (QED) is 0.465. The molecule has 0 aliphatic heterocycles. The van der Waals surface area contributed by atoms with Crippen LogP contribution < -0.4 is 0 Å². The average molecular weight is 213 g/mol. The highest BCUT2D eigenvalue weighted by atomic mass is 35.5. The number of hydrogen-bond acceptors (Lipinski definition) is 3. The SMILES string of the molecule is COC(=O)C=C(O)c1ccccc1Cl. The lowest BCUT2D eigenvalue weighted by molar-refractivity contribution is -0.134. The third-order valence-corrected chi connectivity index (χ3v) is 1.94. The molecule has 1 aromatic rings. The Hall–Kier alpha value is -1.48. The Morgan fingerprint density at radius 1 is 1.50 bits per heavy atom. The molecule has 74 valence electrons. The van der Waals surface area contributed by atoms with Gasteiger partial charge in [0.05, 0.1) is 18.2 Å². The lowest BCUT2D eigenvalue weighted by Gasteiger charge is -2.01. The van der Waals surface area contributed by atoms with Crippen molar-refractivity contribution in [2.24, 2.45) is 0 Å². The molecular formula is C10H9ClO3. The van der Waals surface area contributed by atoms with E-state index in [-0.39, 0.29) is 5.76 Å². The van der Waals surface area contributed by atoms with Crippen molar-refractivity contribution in [3.63, 3.8) is 0 Å². The molecule has 1 aromatic carbocycles. The van der Waals surface area contributed by atoms with Crippen LogP contribution >= 0.6 is 11.6 Å². The zero-order valence-corrected chi connectivity index (χ0v) is 8.28. The maximum Gasteiger partial charge on any atom is 0.334 e. The molecule has 0 atom stereocenters. The Bertz CT molecular complexity index is 371. The van der Waals surface area contributed by atoms with Gasteiger partial charge in [-0.2, -0.15) is 0 Å². The van der Waals surface area contributed by atoms with Crippen molar-refractivity contribution in [1.82, 2.24) is 0 Å². The maximum absolute atomic E-state index is 10.8. The molecule has 0 bridgehead atoms. The average Bonchev–Trinajstić information content (AvgIpc) is 2.18. The molecule has 0 amide bonds. The highest BCUT2D eigenvalue weighted by molar-refractivity contribution is 6.32. The third-order valence-electron chi connectivity index (χ3n) is 1.61. The van der Waals surface area contributed by atoms with Gasteiger partial charge < -0.3 is 9.84 Å². The van der Waals surface area contributed by atoms with Gasteiger partial charge >= 0.3 is 5.97 Å². The zero-order valence-electron chi connectivity index (χ0n) is 7.53. The van der Waals surface area contributed by atoms with Crippen LogP contribution in [0, 0.1) is 0 Å². The molecule has 0 saturated heterocycles. The summed E-state index contributed by atoms with van der Waals surface area (Å²) in [4.78, 5) is 10.8. The number of hydrogen-bond donors (Lipinski definition) is 1. The molecule has 0 aromatic heterocycles. The van der Waals surface area contributed by atoms with Gasteiger partial charge in [-0.05, 0) is 12.1 Å². The van der Waals surface area contributed by atoms with E-state index >= 15 is 0 Å². The van der Waals surface area contributed by atoms with E-state index in [9.17, 15) is 9.90 Å². The molecule has 0 spiro atoms. The van der Waals surface area contributed by atoms with Crippen LogP contribution in [-0.4, -0.2) is 18.2 Å². The largest absolute Gasteiger partial charge is 0.507 e. The summed E-state index contributed by atoms with van der Waals surface area (Å²) < 4.78 is 4.36. The summed E-state index contributed by atoms with van der Waals surface area (Å²) in [5.74, 6) is -0.829. The van der Waals surface area contributed by atoms with Crippen LogP contribution in [0.15, 0.2) is 30.3 Å². The Kier molecular flexibility index (Phi) is 3.54. The molecule has 1 N–H and O–H groups in total. The zero-order chi connectivity index (χ0) is 10.6. The van der Waals surface area contributed by atoms with Crippen LogP contribution in [0.1, 0.15) is 5.56 Å². The summed E-state index contributed by atoms with van der Waals surface area (Å²) in [6, 6.07) is 6.68. The number of carbonyl (C=O) groups excluding carboxylic acids is 1. The Morgan fingerprint density at radius 2 is 2.14 bits per heavy atom. The number of rotatable bonds is 2. The van der Waals surface area contributed by atoms with Gasteiger partial charge in [-0.15, -0.1) is 0 Å². The van der Waals surface area contributed by atoms with Crippen LogP contribution in [-0.2, 0) is 9.53 Å². The van der Waals surface area contributed by atoms with Crippen molar-refractivity contribution in [2.75, 3.05) is 7.11 Å². The molecule has 0 radical (unpaired) electrons. The lowest BCUT2D eigenvalue weighted by atomic mass is 10.2. The fourth-order valence-electron chi connectivity index (χ4n) is 0.917. The van der Waals surface area contributed by atoms with E-state index in [0.717, 1.165) is 6.08 Å². The minimum absolute atomic E-state index is 0.206. The van der Waals surface area contributed by atoms with Crippen molar-refractivity contribution in [3.05, 3.63) is 40.9 Å². The molecule has 0 aliphatic rings. The van der Waals surface area contributed by atoms with Crippen LogP contribution in [0.2, 0.25) is 5.02 Å². The molecule has 0 saturated carbocycles. The van der Waals surface area contributed by atoms with Crippen molar-refractivity contribution in [3.8, 4) is 0 Å². The second-order valence-corrected chi connectivity index (χ2v) is 2.94. The topological polar surface area (TPSA) is 46.5 Å². The molecule has 3 nitrogen and oxygen atoms in total. The molecule has 0 aliphatic carbocycles. The van der Waals surface area contributed by atoms with E-state index in [4.69, 9.17) is 11.6 Å². The van der Waals surface area contributed by atoms with E-state index < -0.39 is 5.97 Å². The summed E-state index contributed by atoms with van der Waals surface area (Å²) in [5, 5.41) is 9.86. The number of methoxy groups -OCH3 is 1. The van der Waals surface area contributed by atoms with Gasteiger partial charge in [0.2, 0.25) is 0 Å². The minimum Gasteiger partial charge on any atom is -0.507 e. The first-order valence-electron chi connectivity index (χ1n) is 3.88. The van der Waals surface area contributed by atoms with Crippen molar-refractivity contribution in [2.45, 2.75) is 0 Å². The van der Waals surface area contributed by atoms with Crippen molar-refractivity contribution < 1.29 is 14.6 Å². The molecule has 0 unspecified atom stereocenters. The second kappa shape index (κ2) is 4.67. The number of carbonyl (C=O) groups is 1. The number of ether oxygens (including phenoxy) is 1. The van der Waals surface area contributed by atoms with E-state index in [1.165, 1.54) is 7.11 Å². The molecule has 0 fully saturated rings. The summed E-state index contributed by atoms with van der Waals surface area (Å²) in [6.45, 7) is 0. The van der Waals surface area contributed by atoms with E-state index in [1.54, 1.807) is 24.3 Å². The second-order valence-electron chi connectivity index (χ2n) is 2.53. The van der Waals surface area contributed by atoms with Crippen molar-refractivity contribution in [1.29, 1.82) is 0 Å². The molecule has 0 heterocycles.